The zero-order valence-corrected chi connectivity index (χ0v) is 22.1. The van der Waals surface area contributed by atoms with Crippen molar-refractivity contribution in [3.05, 3.63) is 101 Å². The second-order valence-electron chi connectivity index (χ2n) is 9.69. The van der Waals surface area contributed by atoms with Crippen molar-refractivity contribution in [3.63, 3.8) is 0 Å². The van der Waals surface area contributed by atoms with Gasteiger partial charge < -0.3 is 15.0 Å². The molecular weight excluding hydrogens is 484 g/mol. The summed E-state index contributed by atoms with van der Waals surface area (Å²) < 4.78 is 5.26. The van der Waals surface area contributed by atoms with E-state index >= 15 is 0 Å². The van der Waals surface area contributed by atoms with Crippen molar-refractivity contribution in [2.75, 3.05) is 7.11 Å². The molecule has 2 amide bonds. The number of rotatable bonds is 10. The third kappa shape index (κ3) is 7.59. The van der Waals surface area contributed by atoms with Crippen molar-refractivity contribution in [1.29, 1.82) is 0 Å². The summed E-state index contributed by atoms with van der Waals surface area (Å²) in [6.45, 7) is 0.254. The molecule has 194 valence electrons. The average molecular weight is 519 g/mol. The Morgan fingerprint density at radius 2 is 1.59 bits per heavy atom. The van der Waals surface area contributed by atoms with Gasteiger partial charge in [-0.1, -0.05) is 91.5 Å². The highest BCUT2D eigenvalue weighted by Crippen LogP contribution is 2.23. The number of halogens is 1. The van der Waals surface area contributed by atoms with E-state index < -0.39 is 6.04 Å². The molecule has 1 atom stereocenters. The molecule has 1 aliphatic rings. The summed E-state index contributed by atoms with van der Waals surface area (Å²) in [5, 5.41) is 3.85. The SMILES string of the molecule is COc1ccc(CC(=O)N(Cc2ccccc2Cl)C(Cc2ccccc2)C(=O)NC2CCCCC2)cc1. The summed E-state index contributed by atoms with van der Waals surface area (Å²) in [6, 6.07) is 24.3. The number of ether oxygens (including phenoxy) is 1. The van der Waals surface area contributed by atoms with Crippen molar-refractivity contribution in [2.24, 2.45) is 0 Å². The summed E-state index contributed by atoms with van der Waals surface area (Å²) in [4.78, 5) is 29.4. The van der Waals surface area contributed by atoms with Crippen LogP contribution in [0.5, 0.6) is 5.75 Å². The van der Waals surface area contributed by atoms with E-state index in [9.17, 15) is 9.59 Å². The maximum absolute atomic E-state index is 13.9. The fraction of sp³-hybridized carbons (Fsp3) is 0.355. The first kappa shape index (κ1) is 26.7. The molecule has 1 aliphatic carbocycles. The Labute approximate surface area is 224 Å². The highest BCUT2D eigenvalue weighted by molar-refractivity contribution is 6.31. The van der Waals surface area contributed by atoms with Crippen LogP contribution in [0.25, 0.3) is 0 Å². The van der Waals surface area contributed by atoms with Crippen molar-refractivity contribution in [2.45, 2.75) is 63.6 Å². The van der Waals surface area contributed by atoms with E-state index in [-0.39, 0.29) is 30.8 Å². The van der Waals surface area contributed by atoms with Crippen LogP contribution in [0.3, 0.4) is 0 Å². The van der Waals surface area contributed by atoms with Gasteiger partial charge >= 0.3 is 0 Å². The molecule has 1 fully saturated rings. The maximum Gasteiger partial charge on any atom is 0.243 e. The Balaban J connectivity index is 1.65. The monoisotopic (exact) mass is 518 g/mol. The molecule has 37 heavy (non-hydrogen) atoms. The van der Waals surface area contributed by atoms with Gasteiger partial charge in [0, 0.05) is 24.0 Å². The molecule has 5 nitrogen and oxygen atoms in total. The minimum absolute atomic E-state index is 0.106. The molecule has 6 heteroatoms. The van der Waals surface area contributed by atoms with Gasteiger partial charge in [-0.25, -0.2) is 0 Å². The van der Waals surface area contributed by atoms with Gasteiger partial charge in [-0.3, -0.25) is 9.59 Å². The van der Waals surface area contributed by atoms with E-state index in [0.717, 1.165) is 48.1 Å². The molecule has 0 aliphatic heterocycles. The van der Waals surface area contributed by atoms with E-state index in [1.165, 1.54) is 6.42 Å². The lowest BCUT2D eigenvalue weighted by Crippen LogP contribution is -2.53. The smallest absolute Gasteiger partial charge is 0.243 e. The lowest BCUT2D eigenvalue weighted by Gasteiger charge is -2.33. The minimum atomic E-state index is -0.661. The molecule has 0 spiro atoms. The second-order valence-corrected chi connectivity index (χ2v) is 10.1. The zero-order valence-electron chi connectivity index (χ0n) is 21.4. The molecule has 3 aromatic rings. The topological polar surface area (TPSA) is 58.6 Å². The molecule has 0 aromatic heterocycles. The second kappa shape index (κ2) is 13.3. The van der Waals surface area contributed by atoms with Gasteiger partial charge in [0.15, 0.2) is 0 Å². The molecule has 0 saturated heterocycles. The summed E-state index contributed by atoms with van der Waals surface area (Å²) in [5.41, 5.74) is 2.68. The summed E-state index contributed by atoms with van der Waals surface area (Å²) in [5.74, 6) is 0.508. The Hall–Kier alpha value is -3.31. The maximum atomic E-state index is 13.9. The van der Waals surface area contributed by atoms with Gasteiger partial charge in [0.25, 0.3) is 0 Å². The third-order valence-corrected chi connectivity index (χ3v) is 7.40. The Morgan fingerprint density at radius 3 is 2.27 bits per heavy atom. The third-order valence-electron chi connectivity index (χ3n) is 7.04. The molecule has 1 N–H and O–H groups in total. The van der Waals surface area contributed by atoms with Gasteiger partial charge in [0.05, 0.1) is 13.5 Å². The number of hydrogen-bond donors (Lipinski definition) is 1. The number of hydrogen-bond acceptors (Lipinski definition) is 3. The molecule has 0 bridgehead atoms. The van der Waals surface area contributed by atoms with Gasteiger partial charge in [-0.15, -0.1) is 0 Å². The Kier molecular flexibility index (Phi) is 9.61. The van der Waals surface area contributed by atoms with Crippen molar-refractivity contribution >= 4 is 23.4 Å². The van der Waals surface area contributed by atoms with E-state index in [1.807, 2.05) is 78.9 Å². The summed E-state index contributed by atoms with van der Waals surface area (Å²) >= 11 is 6.51. The molecule has 1 saturated carbocycles. The molecule has 3 aromatic carbocycles. The van der Waals surface area contributed by atoms with E-state index in [2.05, 4.69) is 5.32 Å². The van der Waals surface area contributed by atoms with Gasteiger partial charge in [0.2, 0.25) is 11.8 Å². The first-order valence-corrected chi connectivity index (χ1v) is 13.4. The highest BCUT2D eigenvalue weighted by Gasteiger charge is 2.32. The summed E-state index contributed by atoms with van der Waals surface area (Å²) in [6.07, 6.45) is 6.01. The largest absolute Gasteiger partial charge is 0.497 e. The normalized spacial score (nSPS) is 14.5. The standard InChI is InChI=1S/C31H35ClN2O3/c1-37-27-18-16-24(17-19-27)21-30(35)34(22-25-12-8-9-15-28(25)32)29(20-23-10-4-2-5-11-23)31(36)33-26-13-6-3-7-14-26/h2,4-5,8-12,15-19,26,29H,3,6-7,13-14,20-22H2,1H3,(H,33,36). The van der Waals surface area contributed by atoms with Crippen LogP contribution in [0.15, 0.2) is 78.9 Å². The number of nitrogens with zero attached hydrogens (tertiary/aromatic N) is 1. The fourth-order valence-electron chi connectivity index (χ4n) is 4.93. The van der Waals surface area contributed by atoms with Crippen molar-refractivity contribution in [3.8, 4) is 5.75 Å². The van der Waals surface area contributed by atoms with E-state index in [4.69, 9.17) is 16.3 Å². The van der Waals surface area contributed by atoms with Crippen molar-refractivity contribution < 1.29 is 14.3 Å². The number of carbonyl (C=O) groups excluding carboxylic acids is 2. The molecule has 4 rings (SSSR count). The fourth-order valence-corrected chi connectivity index (χ4v) is 5.12. The Bertz CT molecular complexity index is 1160. The lowest BCUT2D eigenvalue weighted by molar-refractivity contribution is -0.141. The van der Waals surface area contributed by atoms with E-state index in [0.29, 0.717) is 11.4 Å². The number of carbonyl (C=O) groups is 2. The summed E-state index contributed by atoms with van der Waals surface area (Å²) in [7, 11) is 1.62. The van der Waals surface area contributed by atoms with Crippen LogP contribution in [-0.4, -0.2) is 35.9 Å². The Morgan fingerprint density at radius 1 is 0.919 bits per heavy atom. The van der Waals surface area contributed by atoms with E-state index in [1.54, 1.807) is 12.0 Å². The number of methoxy groups -OCH3 is 1. The van der Waals surface area contributed by atoms with Crippen LogP contribution in [0.2, 0.25) is 5.02 Å². The zero-order chi connectivity index (χ0) is 26.0. The molecule has 0 radical (unpaired) electrons. The average Bonchev–Trinajstić information content (AvgIpc) is 2.93. The quantitative estimate of drug-likeness (QED) is 0.359. The predicted molar refractivity (Wildman–Crippen MR) is 148 cm³/mol. The number of benzene rings is 3. The van der Waals surface area contributed by atoms with Crippen LogP contribution >= 0.6 is 11.6 Å². The first-order chi connectivity index (χ1) is 18.0. The van der Waals surface area contributed by atoms with Crippen LogP contribution in [0.4, 0.5) is 0 Å². The number of nitrogens with one attached hydrogen (secondary N) is 1. The minimum Gasteiger partial charge on any atom is -0.497 e. The molecule has 1 unspecified atom stereocenters. The molecular formula is C31H35ClN2O3. The van der Waals surface area contributed by atoms with Gasteiger partial charge in [0.1, 0.15) is 11.8 Å². The van der Waals surface area contributed by atoms with Gasteiger partial charge in [-0.05, 0) is 47.7 Å². The highest BCUT2D eigenvalue weighted by atomic mass is 35.5. The molecule has 0 heterocycles. The van der Waals surface area contributed by atoms with Crippen LogP contribution < -0.4 is 10.1 Å². The van der Waals surface area contributed by atoms with Crippen LogP contribution in [-0.2, 0) is 29.0 Å². The van der Waals surface area contributed by atoms with Crippen LogP contribution in [0, 0.1) is 0 Å². The number of amides is 2. The predicted octanol–water partition coefficient (Wildman–Crippen LogP) is 5.98. The first-order valence-electron chi connectivity index (χ1n) is 13.0. The van der Waals surface area contributed by atoms with Crippen LogP contribution in [0.1, 0.15) is 48.8 Å². The van der Waals surface area contributed by atoms with Gasteiger partial charge in [-0.2, -0.15) is 0 Å². The lowest BCUT2D eigenvalue weighted by atomic mass is 9.94. The van der Waals surface area contributed by atoms with Crippen molar-refractivity contribution in [1.82, 2.24) is 10.2 Å².